The second-order valence-electron chi connectivity index (χ2n) is 3.66. The van der Waals surface area contributed by atoms with Crippen molar-refractivity contribution >= 4 is 11.9 Å². The average Bonchev–Trinajstić information content (AvgIpc) is 2.86. The number of nitrogens with zero attached hydrogens (tertiary/aromatic N) is 2. The molecule has 6 nitrogen and oxygen atoms in total. The minimum absolute atomic E-state index is 0.0580. The van der Waals surface area contributed by atoms with Crippen molar-refractivity contribution < 1.29 is 19.1 Å². The molecule has 0 atom stereocenters. The lowest BCUT2D eigenvalue weighted by atomic mass is 10.1. The maximum absolute atomic E-state index is 13.5. The van der Waals surface area contributed by atoms with E-state index in [2.05, 4.69) is 10.4 Å². The number of carboxylic acids is 1. The second-order valence-corrected chi connectivity index (χ2v) is 3.66. The summed E-state index contributed by atoms with van der Waals surface area (Å²) in [6.07, 6.45) is 1.39. The van der Waals surface area contributed by atoms with Gasteiger partial charge in [0.25, 0.3) is 5.91 Å². The Kier molecular flexibility index (Phi) is 3.28. The van der Waals surface area contributed by atoms with Crippen molar-refractivity contribution in [3.05, 3.63) is 47.5 Å². The lowest BCUT2D eigenvalue weighted by Gasteiger charge is -2.06. The third-order valence-electron chi connectivity index (χ3n) is 2.50. The molecule has 1 heterocycles. The van der Waals surface area contributed by atoms with Crippen molar-refractivity contribution in [3.8, 4) is 5.69 Å². The molecule has 0 aliphatic rings. The first-order valence-electron chi connectivity index (χ1n) is 5.34. The maximum Gasteiger partial charge on any atom is 0.340 e. The van der Waals surface area contributed by atoms with Gasteiger partial charge < -0.3 is 10.4 Å². The second kappa shape index (κ2) is 4.89. The number of carboxylic acid groups (broad SMARTS) is 1. The molecule has 98 valence electrons. The van der Waals surface area contributed by atoms with Gasteiger partial charge in [0.2, 0.25) is 0 Å². The van der Waals surface area contributed by atoms with Crippen molar-refractivity contribution in [1.82, 2.24) is 15.1 Å². The van der Waals surface area contributed by atoms with E-state index in [1.165, 1.54) is 31.4 Å². The standard InChI is InChI=1S/C12H10FN3O3/c1-14-11(17)8-5-6-16(15-8)9-4-2-3-7(13)10(9)12(18)19/h2-6H,1H3,(H,14,17)(H,18,19). The van der Waals surface area contributed by atoms with Gasteiger partial charge in [0.05, 0.1) is 5.69 Å². The van der Waals surface area contributed by atoms with Crippen LogP contribution in [0.15, 0.2) is 30.5 Å². The van der Waals surface area contributed by atoms with Crippen LogP contribution in [-0.2, 0) is 0 Å². The molecule has 0 fully saturated rings. The van der Waals surface area contributed by atoms with Crippen LogP contribution in [0.1, 0.15) is 20.8 Å². The molecule has 0 unspecified atom stereocenters. The van der Waals surface area contributed by atoms with Crippen LogP contribution in [0, 0.1) is 5.82 Å². The van der Waals surface area contributed by atoms with E-state index in [0.29, 0.717) is 0 Å². The Balaban J connectivity index is 2.53. The molecule has 1 amide bonds. The first kappa shape index (κ1) is 12.7. The van der Waals surface area contributed by atoms with E-state index in [4.69, 9.17) is 5.11 Å². The minimum atomic E-state index is -1.40. The number of halogens is 1. The summed E-state index contributed by atoms with van der Waals surface area (Å²) in [5.41, 5.74) is -0.320. The van der Waals surface area contributed by atoms with Crippen LogP contribution in [0.25, 0.3) is 5.69 Å². The topological polar surface area (TPSA) is 84.2 Å². The number of carbonyl (C=O) groups excluding carboxylic acids is 1. The van der Waals surface area contributed by atoms with Gasteiger partial charge in [0.15, 0.2) is 5.69 Å². The van der Waals surface area contributed by atoms with Crippen molar-refractivity contribution in [2.45, 2.75) is 0 Å². The zero-order valence-electron chi connectivity index (χ0n) is 9.92. The predicted molar refractivity (Wildman–Crippen MR) is 63.9 cm³/mol. The van der Waals surface area contributed by atoms with Gasteiger partial charge >= 0.3 is 5.97 Å². The first-order valence-corrected chi connectivity index (χ1v) is 5.34. The largest absolute Gasteiger partial charge is 0.478 e. The minimum Gasteiger partial charge on any atom is -0.478 e. The van der Waals surface area contributed by atoms with Crippen molar-refractivity contribution in [3.63, 3.8) is 0 Å². The molecule has 0 spiro atoms. The van der Waals surface area contributed by atoms with E-state index < -0.39 is 23.3 Å². The molecule has 1 aromatic carbocycles. The summed E-state index contributed by atoms with van der Waals surface area (Å²) in [5.74, 6) is -2.67. The molecule has 19 heavy (non-hydrogen) atoms. The highest BCUT2D eigenvalue weighted by atomic mass is 19.1. The molecule has 0 aliphatic heterocycles. The smallest absolute Gasteiger partial charge is 0.340 e. The van der Waals surface area contributed by atoms with Gasteiger partial charge in [0, 0.05) is 13.2 Å². The zero-order chi connectivity index (χ0) is 14.0. The highest BCUT2D eigenvalue weighted by Gasteiger charge is 2.18. The number of aromatic carboxylic acids is 1. The van der Waals surface area contributed by atoms with Crippen LogP contribution >= 0.6 is 0 Å². The Hall–Kier alpha value is -2.70. The van der Waals surface area contributed by atoms with Crippen LogP contribution in [-0.4, -0.2) is 33.8 Å². The third-order valence-corrected chi connectivity index (χ3v) is 2.50. The molecule has 1 aromatic heterocycles. The molecule has 0 saturated heterocycles. The number of hydrogen-bond donors (Lipinski definition) is 2. The number of amides is 1. The molecule has 0 saturated carbocycles. The van der Waals surface area contributed by atoms with E-state index in [1.54, 1.807) is 0 Å². The number of benzene rings is 1. The van der Waals surface area contributed by atoms with Crippen LogP contribution in [0.2, 0.25) is 0 Å². The van der Waals surface area contributed by atoms with Crippen LogP contribution < -0.4 is 5.32 Å². The summed E-state index contributed by atoms with van der Waals surface area (Å²) in [4.78, 5) is 22.4. The number of carbonyl (C=O) groups is 2. The molecular formula is C12H10FN3O3. The molecule has 0 radical (unpaired) electrons. The lowest BCUT2D eigenvalue weighted by molar-refractivity contribution is 0.0691. The number of aromatic nitrogens is 2. The third kappa shape index (κ3) is 2.30. The summed E-state index contributed by atoms with van der Waals surface area (Å²) in [5, 5.41) is 15.3. The fourth-order valence-corrected chi connectivity index (χ4v) is 1.62. The van der Waals surface area contributed by atoms with Crippen LogP contribution in [0.3, 0.4) is 0 Å². The van der Waals surface area contributed by atoms with Gasteiger partial charge in [-0.3, -0.25) is 4.79 Å². The van der Waals surface area contributed by atoms with Gasteiger partial charge in [-0.1, -0.05) is 6.07 Å². The van der Waals surface area contributed by atoms with E-state index in [9.17, 15) is 14.0 Å². The van der Waals surface area contributed by atoms with Gasteiger partial charge in [-0.2, -0.15) is 5.10 Å². The SMILES string of the molecule is CNC(=O)c1ccn(-c2cccc(F)c2C(=O)O)n1. The Bertz CT molecular complexity index is 651. The zero-order valence-corrected chi connectivity index (χ0v) is 9.92. The molecule has 2 rings (SSSR count). The Morgan fingerprint density at radius 3 is 2.74 bits per heavy atom. The van der Waals surface area contributed by atoms with Gasteiger partial charge in [0.1, 0.15) is 11.4 Å². The molecule has 2 aromatic rings. The van der Waals surface area contributed by atoms with Crippen LogP contribution in [0.5, 0.6) is 0 Å². The molecule has 0 bridgehead atoms. The summed E-state index contributed by atoms with van der Waals surface area (Å²) in [7, 11) is 1.45. The summed E-state index contributed by atoms with van der Waals surface area (Å²) < 4.78 is 14.7. The van der Waals surface area contributed by atoms with E-state index in [1.807, 2.05) is 0 Å². The fourth-order valence-electron chi connectivity index (χ4n) is 1.62. The molecule has 0 aliphatic carbocycles. The number of hydrogen-bond acceptors (Lipinski definition) is 3. The summed E-state index contributed by atoms with van der Waals surface area (Å²) in [6, 6.07) is 5.25. The van der Waals surface area contributed by atoms with Crippen LogP contribution in [0.4, 0.5) is 4.39 Å². The quantitative estimate of drug-likeness (QED) is 0.867. The maximum atomic E-state index is 13.5. The normalized spacial score (nSPS) is 10.2. The fraction of sp³-hybridized carbons (Fsp3) is 0.0833. The Morgan fingerprint density at radius 2 is 2.11 bits per heavy atom. The van der Waals surface area contributed by atoms with E-state index >= 15 is 0 Å². The number of rotatable bonds is 3. The lowest BCUT2D eigenvalue weighted by Crippen LogP contribution is -2.18. The van der Waals surface area contributed by atoms with E-state index in [-0.39, 0.29) is 11.4 Å². The Morgan fingerprint density at radius 1 is 1.37 bits per heavy atom. The summed E-state index contributed by atoms with van der Waals surface area (Å²) >= 11 is 0. The molecular weight excluding hydrogens is 253 g/mol. The van der Waals surface area contributed by atoms with Crippen molar-refractivity contribution in [2.24, 2.45) is 0 Å². The first-order chi connectivity index (χ1) is 9.04. The van der Waals surface area contributed by atoms with Crippen molar-refractivity contribution in [1.29, 1.82) is 0 Å². The van der Waals surface area contributed by atoms with Gasteiger partial charge in [-0.05, 0) is 18.2 Å². The van der Waals surface area contributed by atoms with Crippen molar-refractivity contribution in [2.75, 3.05) is 7.05 Å². The highest BCUT2D eigenvalue weighted by molar-refractivity contribution is 5.93. The average molecular weight is 263 g/mol. The summed E-state index contributed by atoms with van der Waals surface area (Å²) in [6.45, 7) is 0. The molecule has 2 N–H and O–H groups in total. The van der Waals surface area contributed by atoms with Gasteiger partial charge in [-0.25, -0.2) is 13.9 Å². The predicted octanol–water partition coefficient (Wildman–Crippen LogP) is 1.07. The monoisotopic (exact) mass is 263 g/mol. The highest BCUT2D eigenvalue weighted by Crippen LogP contribution is 2.17. The molecule has 7 heteroatoms. The Labute approximate surface area is 107 Å². The van der Waals surface area contributed by atoms with Gasteiger partial charge in [-0.15, -0.1) is 0 Å². The van der Waals surface area contributed by atoms with E-state index in [0.717, 1.165) is 10.7 Å². The number of nitrogens with one attached hydrogen (secondary N) is 1.